The molecule has 0 aliphatic heterocycles. The van der Waals surface area contributed by atoms with Crippen LogP contribution in [0.3, 0.4) is 0 Å². The summed E-state index contributed by atoms with van der Waals surface area (Å²) in [4.78, 5) is 2.07. The van der Waals surface area contributed by atoms with Crippen LogP contribution in [0.1, 0.15) is 20.8 Å². The predicted molar refractivity (Wildman–Crippen MR) is 36.7 cm³/mol. The molecule has 0 heterocycles. The number of nitrogens with zero attached hydrogens (tertiary/aromatic N) is 1. The fourth-order valence-corrected chi connectivity index (χ4v) is 0.540. The Hall–Kier alpha value is -0.480. The maximum atomic E-state index is 2.97. The zero-order chi connectivity index (χ0) is 6.41. The Balaban J connectivity index is 3.47. The standard InChI is InChI=1S/C7H13N/c1-4-7-8(5-2)6-3/h5-6H2,1-3H3/q+1. The third-order valence-electron chi connectivity index (χ3n) is 1.03. The van der Waals surface area contributed by atoms with Gasteiger partial charge in [0.15, 0.2) is 6.04 Å². The summed E-state index contributed by atoms with van der Waals surface area (Å²) in [6.45, 7) is 8.12. The first kappa shape index (κ1) is 7.52. The second-order valence-electron chi connectivity index (χ2n) is 1.53. The lowest BCUT2D eigenvalue weighted by Gasteiger charge is -1.92. The Morgan fingerprint density at radius 1 is 1.25 bits per heavy atom. The summed E-state index contributed by atoms with van der Waals surface area (Å²) < 4.78 is 0. The van der Waals surface area contributed by atoms with Gasteiger partial charge in [-0.1, -0.05) is 4.90 Å². The van der Waals surface area contributed by atoms with Crippen molar-refractivity contribution in [1.82, 2.24) is 4.90 Å². The van der Waals surface area contributed by atoms with Gasteiger partial charge in [-0.2, -0.15) is 0 Å². The molecule has 0 aliphatic rings. The second-order valence-corrected chi connectivity index (χ2v) is 1.53. The SMILES string of the molecule is CC#C[N+](CC)CC. The van der Waals surface area contributed by atoms with Crippen molar-refractivity contribution in [1.29, 1.82) is 0 Å². The molecule has 0 spiro atoms. The van der Waals surface area contributed by atoms with E-state index in [-0.39, 0.29) is 0 Å². The first-order valence-corrected chi connectivity index (χ1v) is 3.02. The van der Waals surface area contributed by atoms with Gasteiger partial charge in [-0.25, -0.2) is 0 Å². The van der Waals surface area contributed by atoms with Crippen LogP contribution in [0.5, 0.6) is 0 Å². The van der Waals surface area contributed by atoms with Crippen LogP contribution in [0.15, 0.2) is 0 Å². The van der Waals surface area contributed by atoms with E-state index in [1.54, 1.807) is 0 Å². The highest BCUT2D eigenvalue weighted by Crippen LogP contribution is 1.74. The average molecular weight is 111 g/mol. The number of rotatable bonds is 2. The predicted octanol–water partition coefficient (Wildman–Crippen LogP) is 1.15. The summed E-state index contributed by atoms with van der Waals surface area (Å²) in [5, 5.41) is 0. The molecule has 1 heteroatoms. The van der Waals surface area contributed by atoms with Gasteiger partial charge in [0.1, 0.15) is 13.1 Å². The monoisotopic (exact) mass is 111 g/mol. The lowest BCUT2D eigenvalue weighted by Crippen LogP contribution is -2.22. The van der Waals surface area contributed by atoms with Crippen molar-refractivity contribution >= 4 is 0 Å². The minimum absolute atomic E-state index is 1.03. The molecule has 0 amide bonds. The van der Waals surface area contributed by atoms with Crippen LogP contribution in [0.2, 0.25) is 0 Å². The van der Waals surface area contributed by atoms with Crippen LogP contribution in [-0.2, 0) is 0 Å². The summed E-state index contributed by atoms with van der Waals surface area (Å²) in [5.41, 5.74) is 0. The second kappa shape index (κ2) is 4.67. The Kier molecular flexibility index (Phi) is 4.39. The highest BCUT2D eigenvalue weighted by Gasteiger charge is 2.00. The summed E-state index contributed by atoms with van der Waals surface area (Å²) in [6, 6.07) is 2.97. The van der Waals surface area contributed by atoms with Crippen LogP contribution in [0.4, 0.5) is 0 Å². The van der Waals surface area contributed by atoms with Crippen molar-refractivity contribution in [3.8, 4) is 12.0 Å². The molecule has 0 bridgehead atoms. The Bertz CT molecular complexity index is 92.7. The summed E-state index contributed by atoms with van der Waals surface area (Å²) in [7, 11) is 0. The molecule has 0 rings (SSSR count). The van der Waals surface area contributed by atoms with Gasteiger partial charge in [0, 0.05) is 6.92 Å². The molecular weight excluding hydrogens is 98.1 g/mol. The molecule has 0 saturated carbocycles. The van der Waals surface area contributed by atoms with Crippen LogP contribution in [-0.4, -0.2) is 13.1 Å². The Morgan fingerprint density at radius 3 is 1.88 bits per heavy atom. The van der Waals surface area contributed by atoms with Gasteiger partial charge in [-0.15, -0.1) is 0 Å². The first-order valence-electron chi connectivity index (χ1n) is 3.02. The highest BCUT2D eigenvalue weighted by molar-refractivity contribution is 4.97. The lowest BCUT2D eigenvalue weighted by molar-refractivity contribution is 0.596. The average Bonchev–Trinajstić information content (AvgIpc) is 1.83. The van der Waals surface area contributed by atoms with E-state index in [1.807, 2.05) is 6.92 Å². The van der Waals surface area contributed by atoms with E-state index in [9.17, 15) is 0 Å². The van der Waals surface area contributed by atoms with Crippen LogP contribution >= 0.6 is 0 Å². The summed E-state index contributed by atoms with van der Waals surface area (Å²) in [5.74, 6) is 2.85. The minimum atomic E-state index is 1.03. The van der Waals surface area contributed by atoms with Crippen molar-refractivity contribution < 1.29 is 0 Å². The van der Waals surface area contributed by atoms with Gasteiger partial charge in [0.25, 0.3) is 0 Å². The van der Waals surface area contributed by atoms with Gasteiger partial charge in [0.2, 0.25) is 0 Å². The quantitative estimate of drug-likeness (QED) is 0.286. The maximum Gasteiger partial charge on any atom is 0.191 e. The van der Waals surface area contributed by atoms with Gasteiger partial charge >= 0.3 is 0 Å². The van der Waals surface area contributed by atoms with E-state index in [0.717, 1.165) is 13.1 Å². The molecule has 1 radical (unpaired) electrons. The molecule has 0 aromatic heterocycles. The number of hydrogen-bond donors (Lipinski definition) is 0. The Labute approximate surface area is 51.7 Å². The summed E-state index contributed by atoms with van der Waals surface area (Å²) in [6.07, 6.45) is 0. The van der Waals surface area contributed by atoms with Crippen LogP contribution in [0, 0.1) is 12.0 Å². The molecule has 0 aliphatic carbocycles. The van der Waals surface area contributed by atoms with Crippen LogP contribution in [0.25, 0.3) is 0 Å². The first-order chi connectivity index (χ1) is 3.85. The summed E-state index contributed by atoms with van der Waals surface area (Å²) >= 11 is 0. The van der Waals surface area contributed by atoms with Crippen molar-refractivity contribution in [2.24, 2.45) is 0 Å². The van der Waals surface area contributed by atoms with Gasteiger partial charge in [-0.05, 0) is 19.8 Å². The van der Waals surface area contributed by atoms with Crippen molar-refractivity contribution in [2.75, 3.05) is 13.1 Å². The van der Waals surface area contributed by atoms with Gasteiger partial charge < -0.3 is 0 Å². The van der Waals surface area contributed by atoms with E-state index >= 15 is 0 Å². The minimum Gasteiger partial charge on any atom is -0.0862 e. The molecule has 0 fully saturated rings. The van der Waals surface area contributed by atoms with Crippen molar-refractivity contribution in [3.63, 3.8) is 0 Å². The van der Waals surface area contributed by atoms with E-state index in [0.29, 0.717) is 0 Å². The molecular formula is C7H13N+. The molecule has 0 aromatic rings. The smallest absolute Gasteiger partial charge is 0.0862 e. The molecule has 0 unspecified atom stereocenters. The fourth-order valence-electron chi connectivity index (χ4n) is 0.540. The Morgan fingerprint density at radius 2 is 1.75 bits per heavy atom. The fraction of sp³-hybridized carbons (Fsp3) is 0.714. The zero-order valence-electron chi connectivity index (χ0n) is 5.86. The van der Waals surface area contributed by atoms with E-state index in [4.69, 9.17) is 0 Å². The normalized spacial score (nSPS) is 8.50. The maximum absolute atomic E-state index is 2.97. The lowest BCUT2D eigenvalue weighted by atomic mass is 10.5. The molecule has 0 saturated heterocycles. The van der Waals surface area contributed by atoms with Crippen LogP contribution < -0.4 is 4.90 Å². The van der Waals surface area contributed by atoms with Crippen molar-refractivity contribution in [3.05, 3.63) is 0 Å². The van der Waals surface area contributed by atoms with E-state index < -0.39 is 0 Å². The van der Waals surface area contributed by atoms with Gasteiger partial charge in [-0.3, -0.25) is 0 Å². The molecule has 45 valence electrons. The molecule has 8 heavy (non-hydrogen) atoms. The highest BCUT2D eigenvalue weighted by atomic mass is 15.1. The van der Waals surface area contributed by atoms with Crippen molar-refractivity contribution in [2.45, 2.75) is 20.8 Å². The number of hydrogen-bond acceptors (Lipinski definition) is 1. The van der Waals surface area contributed by atoms with E-state index in [2.05, 4.69) is 30.7 Å². The third kappa shape index (κ3) is 2.65. The third-order valence-corrected chi connectivity index (χ3v) is 1.03. The largest absolute Gasteiger partial charge is 0.191 e. The molecule has 0 atom stereocenters. The molecule has 0 aromatic carbocycles. The zero-order valence-corrected chi connectivity index (χ0v) is 5.86. The molecule has 1 nitrogen and oxygen atoms in total. The molecule has 0 N–H and O–H groups in total. The topological polar surface area (TPSA) is 5.90 Å². The van der Waals surface area contributed by atoms with E-state index in [1.165, 1.54) is 0 Å². The van der Waals surface area contributed by atoms with Gasteiger partial charge in [0.05, 0.1) is 0 Å².